The van der Waals surface area contributed by atoms with Crippen molar-refractivity contribution in [2.24, 2.45) is 0 Å². The quantitative estimate of drug-likeness (QED) is 0.702. The molecule has 0 aliphatic carbocycles. The fourth-order valence-electron chi connectivity index (χ4n) is 3.33. The third-order valence-corrected chi connectivity index (χ3v) is 4.95. The first kappa shape index (κ1) is 19.8. The van der Waals surface area contributed by atoms with Gasteiger partial charge in [-0.25, -0.2) is 9.67 Å². The van der Waals surface area contributed by atoms with Crippen molar-refractivity contribution in [2.75, 3.05) is 18.0 Å². The van der Waals surface area contributed by atoms with Crippen molar-refractivity contribution >= 4 is 11.7 Å². The van der Waals surface area contributed by atoms with E-state index in [0.717, 1.165) is 12.3 Å². The highest BCUT2D eigenvalue weighted by Crippen LogP contribution is 2.29. The Balaban J connectivity index is 1.34. The van der Waals surface area contributed by atoms with Gasteiger partial charge in [0.25, 0.3) is 5.91 Å². The van der Waals surface area contributed by atoms with E-state index in [1.54, 1.807) is 24.3 Å². The van der Waals surface area contributed by atoms with Gasteiger partial charge < -0.3 is 10.2 Å². The first-order valence-electron chi connectivity index (χ1n) is 9.32. The van der Waals surface area contributed by atoms with Crippen LogP contribution in [0, 0.1) is 0 Å². The Morgan fingerprint density at radius 3 is 2.57 bits per heavy atom. The molecule has 11 heteroatoms. The van der Waals surface area contributed by atoms with E-state index >= 15 is 0 Å². The predicted molar refractivity (Wildman–Crippen MR) is 101 cm³/mol. The summed E-state index contributed by atoms with van der Waals surface area (Å²) in [6.45, 7) is 1.18. The van der Waals surface area contributed by atoms with E-state index in [0.29, 0.717) is 43.0 Å². The Labute approximate surface area is 169 Å². The zero-order valence-electron chi connectivity index (χ0n) is 15.8. The number of alkyl halides is 3. The number of benzene rings is 1. The molecular formula is C19H18F3N7O. The van der Waals surface area contributed by atoms with E-state index in [2.05, 4.69) is 25.8 Å². The number of hydrogen-bond acceptors (Lipinski definition) is 6. The minimum Gasteiger partial charge on any atom is -0.356 e. The molecule has 30 heavy (non-hydrogen) atoms. The maximum atomic E-state index is 12.7. The lowest BCUT2D eigenvalue weighted by atomic mass is 10.0. The van der Waals surface area contributed by atoms with Gasteiger partial charge in [-0.3, -0.25) is 4.79 Å². The summed E-state index contributed by atoms with van der Waals surface area (Å²) in [7, 11) is 0. The van der Waals surface area contributed by atoms with E-state index < -0.39 is 11.7 Å². The summed E-state index contributed by atoms with van der Waals surface area (Å²) in [5, 5.41) is 14.0. The number of halogens is 3. The van der Waals surface area contributed by atoms with Crippen molar-refractivity contribution in [3.8, 4) is 5.69 Å². The molecule has 0 bridgehead atoms. The van der Waals surface area contributed by atoms with Gasteiger partial charge in [0.1, 0.15) is 12.1 Å². The second-order valence-electron chi connectivity index (χ2n) is 6.94. The fraction of sp³-hybridized carbons (Fsp3) is 0.316. The van der Waals surface area contributed by atoms with Crippen LogP contribution >= 0.6 is 0 Å². The summed E-state index contributed by atoms with van der Waals surface area (Å²) >= 11 is 0. The van der Waals surface area contributed by atoms with Gasteiger partial charge in [0.05, 0.1) is 11.3 Å². The average Bonchev–Trinajstić information content (AvgIpc) is 3.29. The number of rotatable bonds is 4. The van der Waals surface area contributed by atoms with Crippen LogP contribution in [0.3, 0.4) is 0 Å². The van der Waals surface area contributed by atoms with Crippen LogP contribution in [0.5, 0.6) is 0 Å². The Hall–Kier alpha value is -3.50. The average molecular weight is 417 g/mol. The van der Waals surface area contributed by atoms with Gasteiger partial charge >= 0.3 is 6.18 Å². The monoisotopic (exact) mass is 417 g/mol. The predicted octanol–water partition coefficient (Wildman–Crippen LogP) is 2.47. The second-order valence-corrected chi connectivity index (χ2v) is 6.94. The molecule has 2 aromatic heterocycles. The summed E-state index contributed by atoms with van der Waals surface area (Å²) in [6, 6.07) is 9.35. The highest BCUT2D eigenvalue weighted by molar-refractivity contribution is 5.94. The molecule has 0 saturated carbocycles. The molecule has 1 N–H and O–H groups in total. The van der Waals surface area contributed by atoms with Gasteiger partial charge in [-0.15, -0.1) is 5.10 Å². The second kappa shape index (κ2) is 8.09. The fourth-order valence-corrected chi connectivity index (χ4v) is 3.33. The Morgan fingerprint density at radius 1 is 1.13 bits per heavy atom. The van der Waals surface area contributed by atoms with Crippen LogP contribution in [0.15, 0.2) is 48.9 Å². The number of nitrogens with zero attached hydrogens (tertiary/aromatic N) is 6. The smallest absolute Gasteiger partial charge is 0.356 e. The number of aromatic nitrogens is 5. The number of pyridine rings is 1. The topological polar surface area (TPSA) is 88.8 Å². The summed E-state index contributed by atoms with van der Waals surface area (Å²) in [5.74, 6) is 0.304. The zero-order valence-corrected chi connectivity index (χ0v) is 15.8. The zero-order chi connectivity index (χ0) is 21.1. The Morgan fingerprint density at radius 2 is 1.93 bits per heavy atom. The van der Waals surface area contributed by atoms with Gasteiger partial charge in [-0.2, -0.15) is 13.2 Å². The molecule has 1 aliphatic heterocycles. The molecule has 0 atom stereocenters. The van der Waals surface area contributed by atoms with Crippen LogP contribution in [-0.2, 0) is 6.18 Å². The maximum Gasteiger partial charge on any atom is 0.417 e. The minimum atomic E-state index is -4.40. The van der Waals surface area contributed by atoms with Crippen LogP contribution in [0.4, 0.5) is 19.0 Å². The van der Waals surface area contributed by atoms with E-state index in [-0.39, 0.29) is 11.9 Å². The van der Waals surface area contributed by atoms with Gasteiger partial charge in [-0.1, -0.05) is 6.07 Å². The SMILES string of the molecule is O=C(NC1CCN(c2ccc(C(F)(F)F)cn2)CC1)c1cccc(-n2cnnn2)c1. The first-order valence-corrected chi connectivity index (χ1v) is 9.32. The lowest BCUT2D eigenvalue weighted by molar-refractivity contribution is -0.137. The number of carbonyl (C=O) groups is 1. The van der Waals surface area contributed by atoms with Crippen LogP contribution in [0.1, 0.15) is 28.8 Å². The summed E-state index contributed by atoms with van der Waals surface area (Å²) in [4.78, 5) is 18.5. The molecule has 0 spiro atoms. The van der Waals surface area contributed by atoms with E-state index in [9.17, 15) is 18.0 Å². The van der Waals surface area contributed by atoms with Gasteiger partial charge in [0.2, 0.25) is 0 Å². The molecule has 1 aromatic carbocycles. The molecule has 3 heterocycles. The van der Waals surface area contributed by atoms with Crippen LogP contribution in [0.2, 0.25) is 0 Å². The molecule has 3 aromatic rings. The Bertz CT molecular complexity index is 998. The maximum absolute atomic E-state index is 12.7. The van der Waals surface area contributed by atoms with Crippen molar-refractivity contribution < 1.29 is 18.0 Å². The van der Waals surface area contributed by atoms with E-state index in [4.69, 9.17) is 0 Å². The Kier molecular flexibility index (Phi) is 5.34. The van der Waals surface area contributed by atoms with Crippen LogP contribution in [0.25, 0.3) is 5.69 Å². The van der Waals surface area contributed by atoms with Crippen LogP contribution < -0.4 is 10.2 Å². The molecule has 1 fully saturated rings. The van der Waals surface area contributed by atoms with Crippen LogP contribution in [-0.4, -0.2) is 50.2 Å². The normalized spacial score (nSPS) is 15.2. The molecule has 1 amide bonds. The number of anilines is 1. The van der Waals surface area contributed by atoms with Crippen molar-refractivity contribution in [2.45, 2.75) is 25.1 Å². The minimum absolute atomic E-state index is 0.0279. The molecule has 4 rings (SSSR count). The molecule has 0 radical (unpaired) electrons. The highest BCUT2D eigenvalue weighted by Gasteiger charge is 2.31. The number of amides is 1. The van der Waals surface area contributed by atoms with Gasteiger partial charge in [-0.05, 0) is 53.6 Å². The molecule has 8 nitrogen and oxygen atoms in total. The third kappa shape index (κ3) is 4.39. The molecule has 156 valence electrons. The number of piperidine rings is 1. The van der Waals surface area contributed by atoms with Gasteiger partial charge in [0.15, 0.2) is 0 Å². The largest absolute Gasteiger partial charge is 0.417 e. The molecule has 1 saturated heterocycles. The van der Waals surface area contributed by atoms with Crippen molar-refractivity contribution in [1.29, 1.82) is 0 Å². The summed E-state index contributed by atoms with van der Waals surface area (Å²) < 4.78 is 39.5. The number of tetrazole rings is 1. The van der Waals surface area contributed by atoms with E-state index in [1.807, 2.05) is 4.90 Å². The van der Waals surface area contributed by atoms with Crippen molar-refractivity contribution in [1.82, 2.24) is 30.5 Å². The number of nitrogens with one attached hydrogen (secondary N) is 1. The highest BCUT2D eigenvalue weighted by atomic mass is 19.4. The standard InChI is InChI=1S/C19H18F3N7O/c20-19(21,22)14-4-5-17(23-11-14)28-8-6-15(7-9-28)25-18(30)13-2-1-3-16(10-13)29-12-24-26-27-29/h1-5,10-12,15H,6-9H2,(H,25,30). The molecule has 1 aliphatic rings. The lowest BCUT2D eigenvalue weighted by Crippen LogP contribution is -2.45. The lowest BCUT2D eigenvalue weighted by Gasteiger charge is -2.33. The molecule has 0 unspecified atom stereocenters. The van der Waals surface area contributed by atoms with Crippen molar-refractivity contribution in [3.05, 3.63) is 60.0 Å². The van der Waals surface area contributed by atoms with E-state index in [1.165, 1.54) is 17.1 Å². The summed E-state index contributed by atoms with van der Waals surface area (Å²) in [5.41, 5.74) is 0.406. The number of hydrogen-bond donors (Lipinski definition) is 1. The third-order valence-electron chi connectivity index (χ3n) is 4.95. The van der Waals surface area contributed by atoms with Crippen molar-refractivity contribution in [3.63, 3.8) is 0 Å². The van der Waals surface area contributed by atoms with Gasteiger partial charge in [0, 0.05) is 30.9 Å². The molecular weight excluding hydrogens is 399 g/mol. The first-order chi connectivity index (χ1) is 14.4. The summed E-state index contributed by atoms with van der Waals surface area (Å²) in [6.07, 6.45) is -0.768. The number of carbonyl (C=O) groups excluding carboxylic acids is 1.